The van der Waals surface area contributed by atoms with Gasteiger partial charge in [-0.15, -0.1) is 0 Å². The van der Waals surface area contributed by atoms with E-state index < -0.39 is 17.3 Å². The van der Waals surface area contributed by atoms with Crippen LogP contribution < -0.4 is 10.1 Å². The molecule has 0 unspecified atom stereocenters. The van der Waals surface area contributed by atoms with Gasteiger partial charge in [0, 0.05) is 5.69 Å². The minimum absolute atomic E-state index is 0.0753. The van der Waals surface area contributed by atoms with Crippen LogP contribution in [0, 0.1) is 11.3 Å². The summed E-state index contributed by atoms with van der Waals surface area (Å²) in [5, 5.41) is 11.3. The number of rotatable bonds is 4. The molecule has 0 saturated heterocycles. The number of methoxy groups -OCH3 is 1. The Labute approximate surface area is 147 Å². The number of nitrogens with one attached hydrogen (secondary N) is 1. The van der Waals surface area contributed by atoms with Crippen molar-refractivity contribution < 1.29 is 22.6 Å². The predicted octanol–water partition coefficient (Wildman–Crippen LogP) is 4.50. The molecule has 2 rings (SSSR count). The Morgan fingerprint density at radius 1 is 1.20 bits per heavy atom. The lowest BCUT2D eigenvalue weighted by molar-refractivity contribution is -0.137. The maximum absolute atomic E-state index is 12.9. The van der Waals surface area contributed by atoms with Crippen LogP contribution in [0.1, 0.15) is 16.7 Å². The monoisotopic (exact) mass is 366 g/mol. The maximum atomic E-state index is 12.9. The highest BCUT2D eigenvalue weighted by Crippen LogP contribution is 2.33. The number of alkyl halides is 3. The first-order valence-electron chi connectivity index (χ1n) is 7.01. The second-order valence-electron chi connectivity index (χ2n) is 4.92. The van der Waals surface area contributed by atoms with E-state index in [-0.39, 0.29) is 17.5 Å². The molecule has 0 amide bonds. The second kappa shape index (κ2) is 7.85. The fourth-order valence-electron chi connectivity index (χ4n) is 1.98. The first-order valence-corrected chi connectivity index (χ1v) is 7.42. The number of ether oxygens (including phenoxy) is 2. The third-order valence-corrected chi connectivity index (χ3v) is 3.44. The molecular weight excluding hydrogens is 353 g/mol. The Hall–Kier alpha value is -2.79. The van der Waals surface area contributed by atoms with Gasteiger partial charge >= 0.3 is 6.18 Å². The van der Waals surface area contributed by atoms with E-state index in [1.165, 1.54) is 12.1 Å². The van der Waals surface area contributed by atoms with Crippen molar-refractivity contribution in [2.75, 3.05) is 12.4 Å². The summed E-state index contributed by atoms with van der Waals surface area (Å²) >= 11 is 4.98. The van der Waals surface area contributed by atoms with Gasteiger partial charge in [0.25, 0.3) is 5.17 Å². The zero-order valence-corrected chi connectivity index (χ0v) is 13.9. The summed E-state index contributed by atoms with van der Waals surface area (Å²) in [6, 6.07) is 11.8. The molecule has 0 saturated carbocycles. The lowest BCUT2D eigenvalue weighted by Gasteiger charge is -2.13. The number of hydrogen-bond donors (Lipinski definition) is 1. The maximum Gasteiger partial charge on any atom is 0.417 e. The molecule has 0 aliphatic carbocycles. The van der Waals surface area contributed by atoms with Crippen molar-refractivity contribution in [3.63, 3.8) is 0 Å². The number of thiocarbonyl (C=S) groups is 1. The molecule has 2 aromatic carbocycles. The molecule has 4 nitrogen and oxygen atoms in total. The zero-order valence-electron chi connectivity index (χ0n) is 13.1. The van der Waals surface area contributed by atoms with Crippen LogP contribution in [0.15, 0.2) is 42.5 Å². The Morgan fingerprint density at radius 2 is 1.88 bits per heavy atom. The Kier molecular flexibility index (Phi) is 5.83. The summed E-state index contributed by atoms with van der Waals surface area (Å²) in [6.45, 7) is 0.151. The number of benzene rings is 2. The van der Waals surface area contributed by atoms with Gasteiger partial charge in [-0.3, -0.25) is 0 Å². The zero-order chi connectivity index (χ0) is 18.4. The van der Waals surface area contributed by atoms with E-state index >= 15 is 0 Å². The number of nitriles is 1. The van der Waals surface area contributed by atoms with E-state index in [9.17, 15) is 13.2 Å². The molecule has 25 heavy (non-hydrogen) atoms. The molecule has 0 aliphatic heterocycles. The molecule has 8 heteroatoms. The third kappa shape index (κ3) is 5.09. The summed E-state index contributed by atoms with van der Waals surface area (Å²) < 4.78 is 49.2. The average Bonchev–Trinajstić information content (AvgIpc) is 2.59. The normalized spacial score (nSPS) is 10.7. The number of halogens is 3. The number of hydrogen-bond acceptors (Lipinski definition) is 4. The standard InChI is InChI=1S/C17H13F3N2O2S/c1-23-14-6-2-11(3-7-14)10-24-16(25)22-13-5-4-12(9-21)15(8-13)17(18,19)20/h2-8H,10H2,1H3,(H,22,25). The van der Waals surface area contributed by atoms with Gasteiger partial charge in [0.15, 0.2) is 0 Å². The number of nitrogens with zero attached hydrogens (tertiary/aromatic N) is 1. The van der Waals surface area contributed by atoms with E-state index in [1.54, 1.807) is 31.4 Å². The Bertz CT molecular complexity index is 799. The minimum Gasteiger partial charge on any atom is -0.497 e. The van der Waals surface area contributed by atoms with Crippen molar-refractivity contribution in [2.45, 2.75) is 12.8 Å². The van der Waals surface area contributed by atoms with Gasteiger partial charge in [0.05, 0.1) is 24.3 Å². The highest BCUT2D eigenvalue weighted by molar-refractivity contribution is 7.80. The third-order valence-electron chi connectivity index (χ3n) is 3.22. The van der Waals surface area contributed by atoms with Crippen molar-refractivity contribution in [3.05, 3.63) is 59.2 Å². The van der Waals surface area contributed by atoms with Crippen LogP contribution >= 0.6 is 12.2 Å². The molecule has 0 fully saturated rings. The largest absolute Gasteiger partial charge is 0.497 e. The fraction of sp³-hybridized carbons (Fsp3) is 0.176. The summed E-state index contributed by atoms with van der Waals surface area (Å²) in [5.41, 5.74) is -0.576. The van der Waals surface area contributed by atoms with Crippen LogP contribution in [0.2, 0.25) is 0 Å². The van der Waals surface area contributed by atoms with Crippen LogP contribution in [0.4, 0.5) is 18.9 Å². The quantitative estimate of drug-likeness (QED) is 0.808. The lowest BCUT2D eigenvalue weighted by Crippen LogP contribution is -2.15. The van der Waals surface area contributed by atoms with Crippen molar-refractivity contribution in [1.82, 2.24) is 0 Å². The van der Waals surface area contributed by atoms with Crippen LogP contribution in [0.5, 0.6) is 5.75 Å². The van der Waals surface area contributed by atoms with Gasteiger partial charge in [-0.25, -0.2) is 0 Å². The molecule has 0 spiro atoms. The molecule has 0 radical (unpaired) electrons. The van der Waals surface area contributed by atoms with Gasteiger partial charge in [-0.1, -0.05) is 12.1 Å². The summed E-state index contributed by atoms with van der Waals surface area (Å²) in [4.78, 5) is 0. The van der Waals surface area contributed by atoms with Crippen molar-refractivity contribution >= 4 is 23.1 Å². The van der Waals surface area contributed by atoms with E-state index in [0.29, 0.717) is 5.75 Å². The van der Waals surface area contributed by atoms with E-state index in [2.05, 4.69) is 5.32 Å². The van der Waals surface area contributed by atoms with Gasteiger partial charge in [0.2, 0.25) is 0 Å². The van der Waals surface area contributed by atoms with Crippen LogP contribution in [-0.4, -0.2) is 12.3 Å². The van der Waals surface area contributed by atoms with Gasteiger partial charge in [-0.2, -0.15) is 18.4 Å². The molecule has 0 atom stereocenters. The van der Waals surface area contributed by atoms with Crippen LogP contribution in [0.25, 0.3) is 0 Å². The molecule has 2 aromatic rings. The highest BCUT2D eigenvalue weighted by atomic mass is 32.1. The summed E-state index contributed by atoms with van der Waals surface area (Å²) in [5.74, 6) is 0.696. The first-order chi connectivity index (χ1) is 11.8. The molecule has 0 aromatic heterocycles. The molecule has 0 heterocycles. The van der Waals surface area contributed by atoms with Crippen molar-refractivity contribution in [2.24, 2.45) is 0 Å². The van der Waals surface area contributed by atoms with E-state index in [1.807, 2.05) is 0 Å². The van der Waals surface area contributed by atoms with Gasteiger partial charge in [0.1, 0.15) is 12.4 Å². The summed E-state index contributed by atoms with van der Waals surface area (Å²) in [6.07, 6.45) is -4.63. The Balaban J connectivity index is 2.01. The lowest BCUT2D eigenvalue weighted by atomic mass is 10.1. The first kappa shape index (κ1) is 18.5. The fourth-order valence-corrected chi connectivity index (χ4v) is 2.16. The Morgan fingerprint density at radius 3 is 2.44 bits per heavy atom. The van der Waals surface area contributed by atoms with E-state index in [0.717, 1.165) is 17.7 Å². The molecule has 0 aliphatic rings. The van der Waals surface area contributed by atoms with Crippen LogP contribution in [0.3, 0.4) is 0 Å². The average molecular weight is 366 g/mol. The SMILES string of the molecule is COc1ccc(COC(=S)Nc2ccc(C#N)c(C(F)(F)F)c2)cc1. The van der Waals surface area contributed by atoms with Crippen LogP contribution in [-0.2, 0) is 17.5 Å². The van der Waals surface area contributed by atoms with Gasteiger partial charge < -0.3 is 14.8 Å². The topological polar surface area (TPSA) is 54.3 Å². The molecular formula is C17H13F3N2O2S. The highest BCUT2D eigenvalue weighted by Gasteiger charge is 2.33. The van der Waals surface area contributed by atoms with E-state index in [4.69, 9.17) is 27.0 Å². The second-order valence-corrected chi connectivity index (χ2v) is 5.29. The summed E-state index contributed by atoms with van der Waals surface area (Å²) in [7, 11) is 1.55. The number of anilines is 1. The molecule has 1 N–H and O–H groups in total. The molecule has 0 bridgehead atoms. The smallest absolute Gasteiger partial charge is 0.417 e. The van der Waals surface area contributed by atoms with Gasteiger partial charge in [-0.05, 0) is 48.1 Å². The van der Waals surface area contributed by atoms with Crippen molar-refractivity contribution in [1.29, 1.82) is 5.26 Å². The minimum atomic E-state index is -4.63. The van der Waals surface area contributed by atoms with Crippen molar-refractivity contribution in [3.8, 4) is 11.8 Å². The predicted molar refractivity (Wildman–Crippen MR) is 90.2 cm³/mol. The molecule has 130 valence electrons.